The smallest absolute Gasteiger partial charge is 0.462 e. The van der Waals surface area contributed by atoms with Gasteiger partial charge < -0.3 is 18.9 Å². The molecular weight excluding hydrogens is 701 g/mol. The third-order valence-electron chi connectivity index (χ3n) is 9.45. The summed E-state index contributed by atoms with van der Waals surface area (Å²) in [6, 6.07) is 0. The molecule has 0 spiro atoms. The summed E-state index contributed by atoms with van der Waals surface area (Å²) >= 11 is 0. The van der Waals surface area contributed by atoms with Crippen LogP contribution in [0.15, 0.2) is 24.3 Å². The molecule has 0 aromatic rings. The molecule has 0 radical (unpaired) electrons. The van der Waals surface area contributed by atoms with Crippen molar-refractivity contribution in [1.29, 1.82) is 0 Å². The quantitative estimate of drug-likeness (QED) is 0.0215. The minimum atomic E-state index is -4.37. The number of ether oxygens (including phenoxy) is 2. The molecule has 9 nitrogen and oxygen atoms in total. The largest absolute Gasteiger partial charge is 0.472 e. The average molecular weight is 787 g/mol. The number of unbranched alkanes of at least 4 members (excludes halogenated alkanes) is 22. The van der Waals surface area contributed by atoms with Crippen LogP contribution in [0.3, 0.4) is 0 Å². The Morgan fingerprint density at radius 3 is 1.43 bits per heavy atom. The number of esters is 2. The van der Waals surface area contributed by atoms with Crippen LogP contribution >= 0.6 is 7.82 Å². The molecule has 0 saturated heterocycles. The molecule has 1 unspecified atom stereocenters. The van der Waals surface area contributed by atoms with Crippen molar-refractivity contribution >= 4 is 19.8 Å². The van der Waals surface area contributed by atoms with Crippen LogP contribution in [0.2, 0.25) is 0 Å². The summed E-state index contributed by atoms with van der Waals surface area (Å²) in [5.41, 5.74) is 0. The first-order valence-electron chi connectivity index (χ1n) is 22.1. The van der Waals surface area contributed by atoms with Crippen LogP contribution in [0, 0.1) is 0 Å². The molecule has 10 heteroatoms. The van der Waals surface area contributed by atoms with Gasteiger partial charge in [-0.2, -0.15) is 0 Å². The van der Waals surface area contributed by atoms with E-state index in [0.29, 0.717) is 17.4 Å². The van der Waals surface area contributed by atoms with Crippen LogP contribution in [0.1, 0.15) is 194 Å². The van der Waals surface area contributed by atoms with Gasteiger partial charge in [0.15, 0.2) is 6.10 Å². The zero-order chi connectivity index (χ0) is 40.0. The number of carbonyl (C=O) groups is 2. The van der Waals surface area contributed by atoms with Crippen molar-refractivity contribution in [2.75, 3.05) is 47.5 Å². The summed E-state index contributed by atoms with van der Waals surface area (Å²) in [6.45, 7) is 4.37. The fourth-order valence-corrected chi connectivity index (χ4v) is 6.67. The highest BCUT2D eigenvalue weighted by molar-refractivity contribution is 7.47. The normalized spacial score (nSPS) is 13.8. The van der Waals surface area contributed by atoms with Gasteiger partial charge in [-0.3, -0.25) is 18.6 Å². The van der Waals surface area contributed by atoms with Crippen molar-refractivity contribution in [3.63, 3.8) is 0 Å². The molecule has 0 rings (SSSR count). The fourth-order valence-electron chi connectivity index (χ4n) is 5.93. The summed E-state index contributed by atoms with van der Waals surface area (Å²) in [4.78, 5) is 35.3. The molecule has 0 fully saturated rings. The Kier molecular flexibility index (Phi) is 36.1. The van der Waals surface area contributed by atoms with Gasteiger partial charge in [0.2, 0.25) is 0 Å². The third kappa shape index (κ3) is 40.2. The first-order valence-corrected chi connectivity index (χ1v) is 23.6. The maximum absolute atomic E-state index is 12.7. The van der Waals surface area contributed by atoms with E-state index in [1.807, 2.05) is 21.1 Å². The molecule has 0 saturated carbocycles. The van der Waals surface area contributed by atoms with Gasteiger partial charge in [-0.05, 0) is 57.8 Å². The fraction of sp³-hybridized carbons (Fsp3) is 0.864. The van der Waals surface area contributed by atoms with E-state index in [0.717, 1.165) is 64.2 Å². The van der Waals surface area contributed by atoms with Crippen LogP contribution in [-0.4, -0.2) is 74.9 Å². The zero-order valence-electron chi connectivity index (χ0n) is 35.7. The standard InChI is InChI=1S/C44H84NO8P/c1-6-8-10-12-14-16-18-19-20-21-22-23-24-25-27-29-31-33-35-37-44(47)53-42(41-52-54(48,49)51-39-38-45(3,4)5)40-50-43(46)36-34-32-30-28-26-17-15-13-11-9-7-2/h13,15,19-20,42H,6-12,14,16-18,21-41H2,1-5H3/p+1/b15-13+,20-19+/t42-/m1/s1. The average Bonchev–Trinajstić information content (AvgIpc) is 3.12. The Hall–Kier alpha value is -1.51. The zero-order valence-corrected chi connectivity index (χ0v) is 36.6. The van der Waals surface area contributed by atoms with Gasteiger partial charge in [-0.25, -0.2) is 4.57 Å². The van der Waals surface area contributed by atoms with Crippen LogP contribution in [0.25, 0.3) is 0 Å². The number of allylic oxidation sites excluding steroid dienone is 4. The second kappa shape index (κ2) is 37.1. The summed E-state index contributed by atoms with van der Waals surface area (Å²) in [6.07, 6.45) is 39.4. The molecule has 0 heterocycles. The van der Waals surface area contributed by atoms with E-state index in [1.54, 1.807) is 0 Å². The molecular formula is C44H85NO8P+. The molecule has 318 valence electrons. The second-order valence-electron chi connectivity index (χ2n) is 16.1. The van der Waals surface area contributed by atoms with Crippen LogP contribution in [0.4, 0.5) is 0 Å². The number of rotatable bonds is 40. The van der Waals surface area contributed by atoms with Gasteiger partial charge in [-0.15, -0.1) is 0 Å². The van der Waals surface area contributed by atoms with E-state index in [9.17, 15) is 19.0 Å². The van der Waals surface area contributed by atoms with Gasteiger partial charge >= 0.3 is 19.8 Å². The van der Waals surface area contributed by atoms with Gasteiger partial charge in [0.05, 0.1) is 27.7 Å². The Morgan fingerprint density at radius 2 is 0.963 bits per heavy atom. The highest BCUT2D eigenvalue weighted by Gasteiger charge is 2.27. The van der Waals surface area contributed by atoms with E-state index >= 15 is 0 Å². The highest BCUT2D eigenvalue weighted by atomic mass is 31.2. The number of quaternary nitrogens is 1. The predicted octanol–water partition coefficient (Wildman–Crippen LogP) is 12.4. The molecule has 0 aromatic carbocycles. The van der Waals surface area contributed by atoms with Gasteiger partial charge in [0, 0.05) is 12.8 Å². The third-order valence-corrected chi connectivity index (χ3v) is 10.4. The number of hydrogen-bond acceptors (Lipinski definition) is 7. The van der Waals surface area contributed by atoms with E-state index in [4.69, 9.17) is 18.5 Å². The van der Waals surface area contributed by atoms with Crippen molar-refractivity contribution in [3.8, 4) is 0 Å². The molecule has 0 amide bonds. The second-order valence-corrected chi connectivity index (χ2v) is 17.5. The van der Waals surface area contributed by atoms with Crippen molar-refractivity contribution in [1.82, 2.24) is 0 Å². The molecule has 0 aliphatic carbocycles. The number of carbonyl (C=O) groups excluding carboxylic acids is 2. The Balaban J connectivity index is 4.31. The monoisotopic (exact) mass is 787 g/mol. The molecule has 0 aliphatic heterocycles. The van der Waals surface area contributed by atoms with Crippen molar-refractivity contribution < 1.29 is 42.1 Å². The lowest BCUT2D eigenvalue weighted by molar-refractivity contribution is -0.870. The van der Waals surface area contributed by atoms with Gasteiger partial charge in [-0.1, -0.05) is 147 Å². The van der Waals surface area contributed by atoms with Crippen molar-refractivity contribution in [3.05, 3.63) is 24.3 Å². The van der Waals surface area contributed by atoms with Gasteiger partial charge in [0.1, 0.15) is 19.8 Å². The number of likely N-dealkylation sites (N-methyl/N-ethyl adjacent to an activating group) is 1. The van der Waals surface area contributed by atoms with Crippen molar-refractivity contribution in [2.45, 2.75) is 200 Å². The summed E-state index contributed by atoms with van der Waals surface area (Å²) in [7, 11) is 1.47. The lowest BCUT2D eigenvalue weighted by Gasteiger charge is -2.24. The molecule has 54 heavy (non-hydrogen) atoms. The van der Waals surface area contributed by atoms with E-state index in [1.165, 1.54) is 96.3 Å². The van der Waals surface area contributed by atoms with Crippen LogP contribution < -0.4 is 0 Å². The molecule has 1 N–H and O–H groups in total. The lowest BCUT2D eigenvalue weighted by Crippen LogP contribution is -2.37. The van der Waals surface area contributed by atoms with E-state index < -0.39 is 26.5 Å². The Morgan fingerprint density at radius 1 is 0.556 bits per heavy atom. The number of phosphoric ester groups is 1. The molecule has 2 atom stereocenters. The summed E-state index contributed by atoms with van der Waals surface area (Å²) in [5.74, 6) is -0.809. The van der Waals surface area contributed by atoms with Crippen LogP contribution in [-0.2, 0) is 32.7 Å². The minimum Gasteiger partial charge on any atom is -0.462 e. The molecule has 0 aliphatic rings. The first kappa shape index (κ1) is 52.5. The van der Waals surface area contributed by atoms with E-state index in [-0.39, 0.29) is 32.0 Å². The minimum absolute atomic E-state index is 0.0311. The Bertz CT molecular complexity index is 980. The number of hydrogen-bond donors (Lipinski definition) is 1. The van der Waals surface area contributed by atoms with Crippen LogP contribution in [0.5, 0.6) is 0 Å². The molecule has 0 aromatic heterocycles. The SMILES string of the molecule is CCCC/C=C/CCCCCCCC(=O)OC[C@H](COP(=O)(O)OCC[N+](C)(C)C)OC(=O)CCCCCCCCCCC/C=C/CCCCCCCC. The van der Waals surface area contributed by atoms with E-state index in [2.05, 4.69) is 38.2 Å². The lowest BCUT2D eigenvalue weighted by atomic mass is 10.1. The number of phosphoric acid groups is 1. The maximum Gasteiger partial charge on any atom is 0.472 e. The Labute approximate surface area is 332 Å². The highest BCUT2D eigenvalue weighted by Crippen LogP contribution is 2.43. The summed E-state index contributed by atoms with van der Waals surface area (Å²) in [5, 5.41) is 0. The summed E-state index contributed by atoms with van der Waals surface area (Å²) < 4.78 is 34.3. The first-order chi connectivity index (χ1) is 26.0. The maximum atomic E-state index is 12.7. The van der Waals surface area contributed by atoms with Crippen molar-refractivity contribution in [2.24, 2.45) is 0 Å². The topological polar surface area (TPSA) is 108 Å². The number of nitrogens with zero attached hydrogens (tertiary/aromatic N) is 1. The molecule has 0 bridgehead atoms. The predicted molar refractivity (Wildman–Crippen MR) is 224 cm³/mol. The van der Waals surface area contributed by atoms with Gasteiger partial charge in [0.25, 0.3) is 0 Å².